The van der Waals surface area contributed by atoms with Crippen molar-refractivity contribution in [2.24, 2.45) is 0 Å². The largest absolute Gasteiger partial charge is 0.330 e. The molecule has 0 unspecified atom stereocenters. The molecule has 2 aliphatic heterocycles. The van der Waals surface area contributed by atoms with Gasteiger partial charge in [0, 0.05) is 44.7 Å². The van der Waals surface area contributed by atoms with Crippen molar-refractivity contribution in [1.82, 2.24) is 19.8 Å². The lowest BCUT2D eigenvalue weighted by molar-refractivity contribution is 0.219. The maximum Gasteiger partial charge on any atom is 0.109 e. The summed E-state index contributed by atoms with van der Waals surface area (Å²) in [7, 11) is 0. The van der Waals surface area contributed by atoms with Gasteiger partial charge in [-0.15, -0.1) is 0 Å². The van der Waals surface area contributed by atoms with Gasteiger partial charge in [-0.2, -0.15) is 0 Å². The molecule has 0 atom stereocenters. The first-order valence-corrected chi connectivity index (χ1v) is 7.88. The molecule has 4 heteroatoms. The van der Waals surface area contributed by atoms with Crippen molar-refractivity contribution < 1.29 is 0 Å². The number of likely N-dealkylation sites (tertiary alicyclic amines) is 1. The van der Waals surface area contributed by atoms with Gasteiger partial charge in [0.05, 0.1) is 5.69 Å². The van der Waals surface area contributed by atoms with Gasteiger partial charge < -0.3 is 14.8 Å². The summed E-state index contributed by atoms with van der Waals surface area (Å²) in [5.41, 5.74) is 2.79. The molecule has 106 valence electrons. The molecule has 0 aliphatic carbocycles. The second kappa shape index (κ2) is 6.06. The summed E-state index contributed by atoms with van der Waals surface area (Å²) < 4.78 is 2.50. The number of fused-ring (bicyclic) bond motifs is 1. The number of hydrogen-bond donors (Lipinski definition) is 1. The second-order valence-electron chi connectivity index (χ2n) is 5.76. The van der Waals surface area contributed by atoms with Crippen LogP contribution in [0.5, 0.6) is 0 Å². The third kappa shape index (κ3) is 2.84. The maximum absolute atomic E-state index is 4.81. The number of aryl methyl sites for hydroxylation is 1. The average Bonchev–Trinajstić information content (AvgIpc) is 2.84. The molecule has 0 aromatic carbocycles. The minimum Gasteiger partial charge on any atom is -0.330 e. The molecule has 0 bridgehead atoms. The lowest BCUT2D eigenvalue weighted by Crippen LogP contribution is -2.33. The number of nitrogens with one attached hydrogen (secondary N) is 1. The van der Waals surface area contributed by atoms with E-state index in [2.05, 4.69) is 21.7 Å². The fraction of sp³-hybridized carbons (Fsp3) is 0.800. The monoisotopic (exact) mass is 262 g/mol. The molecule has 3 heterocycles. The zero-order valence-corrected chi connectivity index (χ0v) is 12.1. The van der Waals surface area contributed by atoms with Gasteiger partial charge in [0.1, 0.15) is 5.82 Å². The number of hydrogen-bond acceptors (Lipinski definition) is 3. The molecule has 19 heavy (non-hydrogen) atoms. The SMILES string of the molecule is CCc1nc2c(n1CCN1CCCCC1)CCNC2. The lowest BCUT2D eigenvalue weighted by Gasteiger charge is -2.27. The van der Waals surface area contributed by atoms with Gasteiger partial charge in [-0.05, 0) is 25.9 Å². The van der Waals surface area contributed by atoms with E-state index in [0.29, 0.717) is 0 Å². The number of aromatic nitrogens is 2. The van der Waals surface area contributed by atoms with Crippen LogP contribution in [0.1, 0.15) is 43.4 Å². The van der Waals surface area contributed by atoms with Crippen LogP contribution >= 0.6 is 0 Å². The summed E-state index contributed by atoms with van der Waals surface area (Å²) in [6.07, 6.45) is 6.37. The summed E-state index contributed by atoms with van der Waals surface area (Å²) in [6, 6.07) is 0. The van der Waals surface area contributed by atoms with Crippen LogP contribution in [0.2, 0.25) is 0 Å². The molecule has 2 aliphatic rings. The molecule has 1 N–H and O–H groups in total. The van der Waals surface area contributed by atoms with E-state index in [1.165, 1.54) is 56.1 Å². The topological polar surface area (TPSA) is 33.1 Å². The van der Waals surface area contributed by atoms with Gasteiger partial charge in [-0.1, -0.05) is 13.3 Å². The summed E-state index contributed by atoms with van der Waals surface area (Å²) in [4.78, 5) is 7.44. The fourth-order valence-corrected chi connectivity index (χ4v) is 3.38. The number of rotatable bonds is 4. The highest BCUT2D eigenvalue weighted by Crippen LogP contribution is 2.17. The highest BCUT2D eigenvalue weighted by Gasteiger charge is 2.19. The normalized spacial score (nSPS) is 20.5. The van der Waals surface area contributed by atoms with Crippen molar-refractivity contribution in [3.05, 3.63) is 17.2 Å². The fourth-order valence-electron chi connectivity index (χ4n) is 3.38. The Kier molecular flexibility index (Phi) is 4.18. The molecule has 3 rings (SSSR count). The minimum atomic E-state index is 0.957. The maximum atomic E-state index is 4.81. The van der Waals surface area contributed by atoms with Gasteiger partial charge in [0.25, 0.3) is 0 Å². The smallest absolute Gasteiger partial charge is 0.109 e. The van der Waals surface area contributed by atoms with Gasteiger partial charge in [-0.25, -0.2) is 4.98 Å². The Morgan fingerprint density at radius 1 is 1.16 bits per heavy atom. The molecule has 4 nitrogen and oxygen atoms in total. The van der Waals surface area contributed by atoms with Gasteiger partial charge in [-0.3, -0.25) is 0 Å². The van der Waals surface area contributed by atoms with Crippen molar-refractivity contribution in [3.63, 3.8) is 0 Å². The molecular formula is C15H26N4. The van der Waals surface area contributed by atoms with Crippen LogP contribution in [-0.2, 0) is 25.9 Å². The zero-order valence-electron chi connectivity index (χ0n) is 12.1. The minimum absolute atomic E-state index is 0.957. The Bertz CT molecular complexity index is 418. The summed E-state index contributed by atoms with van der Waals surface area (Å²) in [6.45, 7) is 9.19. The van der Waals surface area contributed by atoms with E-state index in [4.69, 9.17) is 4.98 Å². The van der Waals surface area contributed by atoms with E-state index in [0.717, 1.165) is 32.5 Å². The van der Waals surface area contributed by atoms with Gasteiger partial charge in [0.2, 0.25) is 0 Å². The highest BCUT2D eigenvalue weighted by atomic mass is 15.2. The zero-order chi connectivity index (χ0) is 13.1. The Hall–Kier alpha value is -0.870. The van der Waals surface area contributed by atoms with Crippen molar-refractivity contribution in [2.45, 2.75) is 52.1 Å². The quantitative estimate of drug-likeness (QED) is 0.894. The average molecular weight is 262 g/mol. The third-order valence-electron chi connectivity index (χ3n) is 4.47. The molecule has 0 radical (unpaired) electrons. The van der Waals surface area contributed by atoms with Crippen LogP contribution in [0.25, 0.3) is 0 Å². The number of nitrogens with zero attached hydrogens (tertiary/aromatic N) is 3. The summed E-state index contributed by atoms with van der Waals surface area (Å²) in [5, 5.41) is 3.42. The Morgan fingerprint density at radius 2 is 2.00 bits per heavy atom. The highest BCUT2D eigenvalue weighted by molar-refractivity contribution is 5.20. The van der Waals surface area contributed by atoms with Crippen LogP contribution in [0.15, 0.2) is 0 Å². The van der Waals surface area contributed by atoms with Crippen molar-refractivity contribution in [3.8, 4) is 0 Å². The Balaban J connectivity index is 1.70. The third-order valence-corrected chi connectivity index (χ3v) is 4.47. The first-order chi connectivity index (χ1) is 9.38. The molecule has 0 saturated carbocycles. The predicted octanol–water partition coefficient (Wildman–Crippen LogP) is 1.58. The van der Waals surface area contributed by atoms with E-state index in [1.54, 1.807) is 0 Å². The van der Waals surface area contributed by atoms with E-state index >= 15 is 0 Å². The summed E-state index contributed by atoms with van der Waals surface area (Å²) in [5.74, 6) is 1.28. The first-order valence-electron chi connectivity index (χ1n) is 7.88. The van der Waals surface area contributed by atoms with Crippen LogP contribution in [0.3, 0.4) is 0 Å². The van der Waals surface area contributed by atoms with E-state index in [9.17, 15) is 0 Å². The summed E-state index contributed by atoms with van der Waals surface area (Å²) >= 11 is 0. The standard InChI is InChI=1S/C15H26N4/c1-2-15-17-13-12-16-7-6-14(13)19(15)11-10-18-8-4-3-5-9-18/h16H,2-12H2,1H3. The number of imidazole rings is 1. The van der Waals surface area contributed by atoms with Crippen molar-refractivity contribution in [2.75, 3.05) is 26.2 Å². The van der Waals surface area contributed by atoms with Gasteiger partial charge >= 0.3 is 0 Å². The van der Waals surface area contributed by atoms with Crippen LogP contribution < -0.4 is 5.32 Å². The molecule has 1 fully saturated rings. The lowest BCUT2D eigenvalue weighted by atomic mass is 10.1. The van der Waals surface area contributed by atoms with E-state index in [1.807, 2.05) is 0 Å². The van der Waals surface area contributed by atoms with Gasteiger partial charge in [0.15, 0.2) is 0 Å². The Labute approximate surface area is 116 Å². The van der Waals surface area contributed by atoms with Crippen molar-refractivity contribution in [1.29, 1.82) is 0 Å². The Morgan fingerprint density at radius 3 is 2.79 bits per heavy atom. The number of piperidine rings is 1. The molecule has 1 aromatic heterocycles. The second-order valence-corrected chi connectivity index (χ2v) is 5.76. The van der Waals surface area contributed by atoms with E-state index in [-0.39, 0.29) is 0 Å². The van der Waals surface area contributed by atoms with Crippen LogP contribution in [0, 0.1) is 0 Å². The first kappa shape index (κ1) is 13.1. The predicted molar refractivity (Wildman–Crippen MR) is 77.3 cm³/mol. The molecule has 0 spiro atoms. The molecular weight excluding hydrogens is 236 g/mol. The van der Waals surface area contributed by atoms with Crippen LogP contribution in [0.4, 0.5) is 0 Å². The molecule has 1 aromatic rings. The van der Waals surface area contributed by atoms with Crippen molar-refractivity contribution >= 4 is 0 Å². The van der Waals surface area contributed by atoms with Crippen LogP contribution in [-0.4, -0.2) is 40.6 Å². The van der Waals surface area contributed by atoms with E-state index < -0.39 is 0 Å². The molecule has 0 amide bonds. The molecule has 1 saturated heterocycles.